The predicted octanol–water partition coefficient (Wildman–Crippen LogP) is 7.25. The van der Waals surface area contributed by atoms with Crippen molar-refractivity contribution in [2.24, 2.45) is 11.8 Å². The zero-order chi connectivity index (χ0) is 27.4. The second-order valence-corrected chi connectivity index (χ2v) is 19.3. The third kappa shape index (κ3) is 7.00. The quantitative estimate of drug-likeness (QED) is 0.261. The Kier molecular flexibility index (Phi) is 9.63. The number of benzene rings is 1. The third-order valence-electron chi connectivity index (χ3n) is 8.74. The van der Waals surface area contributed by atoms with E-state index >= 15 is 0 Å². The van der Waals surface area contributed by atoms with Crippen LogP contribution >= 0.6 is 0 Å². The van der Waals surface area contributed by atoms with E-state index in [9.17, 15) is 8.42 Å². The van der Waals surface area contributed by atoms with E-state index in [2.05, 4.69) is 45.7 Å². The lowest BCUT2D eigenvalue weighted by atomic mass is 9.85. The average molecular weight is 559 g/mol. The summed E-state index contributed by atoms with van der Waals surface area (Å²) in [5, 5.41) is 0.0120. The molecule has 0 bridgehead atoms. The van der Waals surface area contributed by atoms with E-state index in [1.165, 1.54) is 19.3 Å². The van der Waals surface area contributed by atoms with Gasteiger partial charge in [0.05, 0.1) is 21.8 Å². The highest BCUT2D eigenvalue weighted by molar-refractivity contribution is 7.95. The third-order valence-corrected chi connectivity index (χ3v) is 15.2. The molecular formula is C31H46O5SSi. The number of hydrogen-bond donors (Lipinski definition) is 0. The van der Waals surface area contributed by atoms with Gasteiger partial charge in [-0.15, -0.1) is 0 Å². The number of ether oxygens (including phenoxy) is 2. The predicted molar refractivity (Wildman–Crippen MR) is 155 cm³/mol. The zero-order valence-corrected chi connectivity index (χ0v) is 25.7. The Balaban J connectivity index is 1.67. The molecule has 1 saturated heterocycles. The van der Waals surface area contributed by atoms with Crippen molar-refractivity contribution >= 4 is 18.2 Å². The number of hydrogen-bond acceptors (Lipinski definition) is 5. The Bertz CT molecular complexity index is 1110. The van der Waals surface area contributed by atoms with Crippen LogP contribution in [0.1, 0.15) is 78.6 Å². The molecule has 4 rings (SSSR count). The molecular weight excluding hydrogens is 512 g/mol. The van der Waals surface area contributed by atoms with Crippen molar-refractivity contribution in [3.05, 3.63) is 41.3 Å². The first-order valence-electron chi connectivity index (χ1n) is 14.5. The summed E-state index contributed by atoms with van der Waals surface area (Å²) < 4.78 is 46.8. The monoisotopic (exact) mass is 558 g/mol. The second-order valence-electron chi connectivity index (χ2n) is 12.6. The smallest absolute Gasteiger partial charge is 0.203 e. The van der Waals surface area contributed by atoms with Gasteiger partial charge >= 0.3 is 0 Å². The van der Waals surface area contributed by atoms with Gasteiger partial charge in [-0.3, -0.25) is 0 Å². The minimum Gasteiger partial charge on any atom is -0.412 e. The molecule has 2 fully saturated rings. The SMILES string of the molecule is CC(C)(C)[Si](C)(C)O[C@@H]1CC=C(S(=O)(=O)c2ccccc2)[C@H]1C#C[C@@H](OC1CCCCO1)C1CCCCC1. The van der Waals surface area contributed by atoms with Crippen LogP contribution in [0, 0.1) is 23.7 Å². The highest BCUT2D eigenvalue weighted by atomic mass is 32.2. The number of rotatable bonds is 7. The van der Waals surface area contributed by atoms with E-state index in [-0.39, 0.29) is 23.5 Å². The van der Waals surface area contributed by atoms with Crippen LogP contribution in [-0.2, 0) is 23.7 Å². The van der Waals surface area contributed by atoms with Crippen LogP contribution in [0.3, 0.4) is 0 Å². The lowest BCUT2D eigenvalue weighted by Crippen LogP contribution is -2.45. The summed E-state index contributed by atoms with van der Waals surface area (Å²) in [7, 11) is -5.83. The van der Waals surface area contributed by atoms with E-state index in [0.29, 0.717) is 22.1 Å². The van der Waals surface area contributed by atoms with Crippen LogP contribution in [0.2, 0.25) is 18.1 Å². The van der Waals surface area contributed by atoms with Crippen LogP contribution in [-0.4, -0.2) is 41.8 Å². The van der Waals surface area contributed by atoms with Gasteiger partial charge in [0, 0.05) is 6.61 Å². The Morgan fingerprint density at radius 3 is 2.32 bits per heavy atom. The molecule has 2 aliphatic carbocycles. The van der Waals surface area contributed by atoms with E-state index < -0.39 is 24.1 Å². The van der Waals surface area contributed by atoms with Gasteiger partial charge in [-0.25, -0.2) is 8.42 Å². The van der Waals surface area contributed by atoms with Gasteiger partial charge in [-0.05, 0) is 74.7 Å². The van der Waals surface area contributed by atoms with Crippen molar-refractivity contribution in [3.8, 4) is 11.8 Å². The maximum atomic E-state index is 13.8. The van der Waals surface area contributed by atoms with Crippen LogP contribution in [0.25, 0.3) is 0 Å². The van der Waals surface area contributed by atoms with Crippen LogP contribution in [0.4, 0.5) is 0 Å². The average Bonchev–Trinajstić information content (AvgIpc) is 3.30. The maximum Gasteiger partial charge on any atom is 0.203 e. The molecule has 1 aromatic carbocycles. The first kappa shape index (κ1) is 29.5. The normalized spacial score (nSPS) is 26.3. The zero-order valence-electron chi connectivity index (χ0n) is 23.9. The summed E-state index contributed by atoms with van der Waals surface area (Å²) in [4.78, 5) is 0.679. The van der Waals surface area contributed by atoms with Crippen LogP contribution in [0.5, 0.6) is 0 Å². The minimum absolute atomic E-state index is 0.0120. The standard InChI is InChI=1S/C31H46O5SSi/c1-31(2,3)38(4,5)36-28-21-22-29(37(32,33)25-16-10-7-11-17-25)26(28)19-20-27(24-14-8-6-9-15-24)35-30-18-12-13-23-34-30/h7,10-11,16-17,22,24,26-28,30H,6,8-9,12-15,18,21,23H2,1-5H3/t26-,27+,28+,30?/m0/s1. The van der Waals surface area contributed by atoms with Gasteiger partial charge in [0.1, 0.15) is 6.10 Å². The van der Waals surface area contributed by atoms with E-state index in [4.69, 9.17) is 13.9 Å². The minimum atomic E-state index is -3.68. The largest absolute Gasteiger partial charge is 0.412 e. The molecule has 0 aromatic heterocycles. The molecule has 5 nitrogen and oxygen atoms in total. The Morgan fingerprint density at radius 2 is 1.68 bits per heavy atom. The van der Waals surface area contributed by atoms with Crippen molar-refractivity contribution in [2.45, 2.75) is 120 Å². The summed E-state index contributed by atoms with van der Waals surface area (Å²) in [5.41, 5.74) is 0. The van der Waals surface area contributed by atoms with Gasteiger partial charge in [0.2, 0.25) is 9.84 Å². The molecule has 7 heteroatoms. The number of sulfone groups is 1. The van der Waals surface area contributed by atoms with E-state index in [1.54, 1.807) is 24.3 Å². The molecule has 0 amide bonds. The van der Waals surface area contributed by atoms with Gasteiger partial charge in [0.15, 0.2) is 14.6 Å². The van der Waals surface area contributed by atoms with E-state index in [0.717, 1.165) is 38.7 Å². The fraction of sp³-hybridized carbons (Fsp3) is 0.677. The summed E-state index contributed by atoms with van der Waals surface area (Å²) in [5.74, 6) is 6.73. The molecule has 0 spiro atoms. The van der Waals surface area contributed by atoms with Gasteiger partial charge in [-0.1, -0.05) is 76.1 Å². The second kappa shape index (κ2) is 12.4. The molecule has 1 aromatic rings. The molecule has 210 valence electrons. The summed E-state index contributed by atoms with van der Waals surface area (Å²) in [6.07, 6.45) is 10.5. The fourth-order valence-electron chi connectivity index (χ4n) is 5.38. The van der Waals surface area contributed by atoms with Gasteiger partial charge < -0.3 is 13.9 Å². The molecule has 1 aliphatic heterocycles. The Morgan fingerprint density at radius 1 is 1.00 bits per heavy atom. The lowest BCUT2D eigenvalue weighted by Gasteiger charge is -2.39. The van der Waals surface area contributed by atoms with Crippen molar-refractivity contribution in [1.82, 2.24) is 0 Å². The van der Waals surface area contributed by atoms with Gasteiger partial charge in [-0.2, -0.15) is 0 Å². The summed E-state index contributed by atoms with van der Waals surface area (Å²) in [6.45, 7) is 11.8. The maximum absolute atomic E-state index is 13.8. The fourth-order valence-corrected chi connectivity index (χ4v) is 8.37. The molecule has 1 saturated carbocycles. The molecule has 38 heavy (non-hydrogen) atoms. The highest BCUT2D eigenvalue weighted by Gasteiger charge is 2.44. The summed E-state index contributed by atoms with van der Waals surface area (Å²) in [6, 6.07) is 8.70. The van der Waals surface area contributed by atoms with Crippen molar-refractivity contribution in [3.63, 3.8) is 0 Å². The first-order valence-corrected chi connectivity index (χ1v) is 18.8. The van der Waals surface area contributed by atoms with Crippen LogP contribution in [0.15, 0.2) is 46.2 Å². The Hall–Kier alpha value is -1.43. The molecule has 3 aliphatic rings. The highest BCUT2D eigenvalue weighted by Crippen LogP contribution is 2.42. The first-order chi connectivity index (χ1) is 18.0. The summed E-state index contributed by atoms with van der Waals surface area (Å²) >= 11 is 0. The topological polar surface area (TPSA) is 61.8 Å². The Labute approximate surface area is 231 Å². The molecule has 1 heterocycles. The van der Waals surface area contributed by atoms with Crippen molar-refractivity contribution in [1.29, 1.82) is 0 Å². The molecule has 0 N–H and O–H groups in total. The van der Waals surface area contributed by atoms with E-state index in [1.807, 2.05) is 12.1 Å². The van der Waals surface area contributed by atoms with Gasteiger partial charge in [0.25, 0.3) is 0 Å². The molecule has 4 atom stereocenters. The van der Waals surface area contributed by atoms with Crippen molar-refractivity contribution < 1.29 is 22.3 Å². The molecule has 0 radical (unpaired) electrons. The lowest BCUT2D eigenvalue weighted by molar-refractivity contribution is -0.187. The molecule has 1 unspecified atom stereocenters. The van der Waals surface area contributed by atoms with Crippen LogP contribution < -0.4 is 0 Å². The van der Waals surface area contributed by atoms with Crippen molar-refractivity contribution in [2.75, 3.05) is 6.61 Å².